The van der Waals surface area contributed by atoms with Crippen LogP contribution in [0.1, 0.15) is 43.4 Å². The van der Waals surface area contributed by atoms with Crippen LogP contribution in [0.25, 0.3) is 0 Å². The topological polar surface area (TPSA) is 52.7 Å². The fourth-order valence-electron chi connectivity index (χ4n) is 3.24. The third-order valence-corrected chi connectivity index (χ3v) is 4.93. The third kappa shape index (κ3) is 5.56. The first kappa shape index (κ1) is 19.4. The van der Waals surface area contributed by atoms with Crippen LogP contribution in [0.3, 0.4) is 0 Å². The second-order valence-corrected chi connectivity index (χ2v) is 7.38. The first-order chi connectivity index (χ1) is 11.9. The van der Waals surface area contributed by atoms with E-state index in [-0.39, 0.29) is 17.9 Å². The van der Waals surface area contributed by atoms with Gasteiger partial charge in [-0.2, -0.15) is 0 Å². The quantitative estimate of drug-likeness (QED) is 0.861. The summed E-state index contributed by atoms with van der Waals surface area (Å²) >= 11 is 0. The number of aryl methyl sites for hydroxylation is 1. The van der Waals surface area contributed by atoms with Crippen molar-refractivity contribution in [3.63, 3.8) is 0 Å². The van der Waals surface area contributed by atoms with Gasteiger partial charge in [0, 0.05) is 26.1 Å². The molecule has 0 bridgehead atoms. The molecule has 0 aliphatic carbocycles. The SMILES string of the molecule is Cc1ccc([C@@H](C(=O)NCCC(=O)N2CCC(C)CC2)N(C)C)cc1. The second kappa shape index (κ2) is 8.99. The molecule has 1 aromatic carbocycles. The Kier molecular flexibility index (Phi) is 7.00. The largest absolute Gasteiger partial charge is 0.354 e. The van der Waals surface area contributed by atoms with Crippen molar-refractivity contribution in [2.75, 3.05) is 33.7 Å². The molecular weight excluding hydrogens is 314 g/mol. The van der Waals surface area contributed by atoms with Gasteiger partial charge < -0.3 is 10.2 Å². The molecule has 0 unspecified atom stereocenters. The predicted molar refractivity (Wildman–Crippen MR) is 100 cm³/mol. The van der Waals surface area contributed by atoms with Crippen LogP contribution in [-0.2, 0) is 9.59 Å². The first-order valence-electron chi connectivity index (χ1n) is 9.17. The summed E-state index contributed by atoms with van der Waals surface area (Å²) in [5.74, 6) is 0.789. The number of nitrogens with zero attached hydrogens (tertiary/aromatic N) is 2. The van der Waals surface area contributed by atoms with Crippen molar-refractivity contribution in [3.8, 4) is 0 Å². The van der Waals surface area contributed by atoms with Crippen LogP contribution in [0.2, 0.25) is 0 Å². The molecule has 1 aliphatic heterocycles. The number of piperidine rings is 1. The molecule has 1 N–H and O–H groups in total. The highest BCUT2D eigenvalue weighted by atomic mass is 16.2. The van der Waals surface area contributed by atoms with Crippen molar-refractivity contribution in [2.24, 2.45) is 5.92 Å². The Hall–Kier alpha value is -1.88. The van der Waals surface area contributed by atoms with E-state index in [1.165, 1.54) is 5.56 Å². The van der Waals surface area contributed by atoms with E-state index in [2.05, 4.69) is 12.2 Å². The standard InChI is InChI=1S/C20H31N3O2/c1-15-5-7-17(8-6-15)19(22(3)4)20(25)21-12-9-18(24)23-13-10-16(2)11-14-23/h5-8,16,19H,9-14H2,1-4H3,(H,21,25)/t19-/m0/s1. The van der Waals surface area contributed by atoms with Gasteiger partial charge in [-0.15, -0.1) is 0 Å². The van der Waals surface area contributed by atoms with Gasteiger partial charge in [0.2, 0.25) is 11.8 Å². The molecule has 1 atom stereocenters. The highest BCUT2D eigenvalue weighted by molar-refractivity contribution is 5.84. The molecule has 5 heteroatoms. The summed E-state index contributed by atoms with van der Waals surface area (Å²) in [6.07, 6.45) is 2.52. The van der Waals surface area contributed by atoms with E-state index in [4.69, 9.17) is 0 Å². The van der Waals surface area contributed by atoms with E-state index in [0.717, 1.165) is 31.5 Å². The molecule has 1 heterocycles. The van der Waals surface area contributed by atoms with E-state index in [1.54, 1.807) is 0 Å². The minimum Gasteiger partial charge on any atom is -0.354 e. The van der Waals surface area contributed by atoms with E-state index in [0.29, 0.717) is 18.9 Å². The van der Waals surface area contributed by atoms with Gasteiger partial charge in [-0.1, -0.05) is 36.8 Å². The van der Waals surface area contributed by atoms with Crippen molar-refractivity contribution in [1.82, 2.24) is 15.1 Å². The van der Waals surface area contributed by atoms with Gasteiger partial charge in [-0.05, 0) is 45.3 Å². The normalized spacial score (nSPS) is 16.8. The number of likely N-dealkylation sites (N-methyl/N-ethyl adjacent to an activating group) is 1. The summed E-state index contributed by atoms with van der Waals surface area (Å²) in [7, 11) is 3.79. The van der Waals surface area contributed by atoms with Gasteiger partial charge >= 0.3 is 0 Å². The van der Waals surface area contributed by atoms with Gasteiger partial charge in [0.15, 0.2) is 0 Å². The molecular formula is C20H31N3O2. The maximum Gasteiger partial charge on any atom is 0.241 e. The first-order valence-corrected chi connectivity index (χ1v) is 9.17. The summed E-state index contributed by atoms with van der Waals surface area (Å²) in [5, 5.41) is 2.93. The number of nitrogens with one attached hydrogen (secondary N) is 1. The summed E-state index contributed by atoms with van der Waals surface area (Å²) in [6, 6.07) is 7.66. The lowest BCUT2D eigenvalue weighted by molar-refractivity contribution is -0.132. The number of carbonyl (C=O) groups is 2. The highest BCUT2D eigenvalue weighted by Crippen LogP contribution is 2.19. The fraction of sp³-hybridized carbons (Fsp3) is 0.600. The Bertz CT molecular complexity index is 575. The number of amides is 2. The van der Waals surface area contributed by atoms with Crippen LogP contribution in [0.15, 0.2) is 24.3 Å². The smallest absolute Gasteiger partial charge is 0.241 e. The third-order valence-electron chi connectivity index (χ3n) is 4.93. The average Bonchev–Trinajstić information content (AvgIpc) is 2.57. The van der Waals surface area contributed by atoms with Crippen LogP contribution in [-0.4, -0.2) is 55.3 Å². The molecule has 2 rings (SSSR count). The van der Waals surface area contributed by atoms with Crippen molar-refractivity contribution in [1.29, 1.82) is 0 Å². The summed E-state index contributed by atoms with van der Waals surface area (Å²) in [4.78, 5) is 28.7. The van der Waals surface area contributed by atoms with Crippen LogP contribution in [0.4, 0.5) is 0 Å². The van der Waals surface area contributed by atoms with Gasteiger partial charge in [0.1, 0.15) is 6.04 Å². The van der Waals surface area contributed by atoms with Crippen LogP contribution in [0.5, 0.6) is 0 Å². The van der Waals surface area contributed by atoms with Gasteiger partial charge in [0.05, 0.1) is 0 Å². The molecule has 138 valence electrons. The maximum absolute atomic E-state index is 12.6. The zero-order chi connectivity index (χ0) is 18.4. The number of likely N-dealkylation sites (tertiary alicyclic amines) is 1. The van der Waals surface area contributed by atoms with E-state index in [1.807, 2.05) is 55.1 Å². The van der Waals surface area contributed by atoms with E-state index in [9.17, 15) is 9.59 Å². The van der Waals surface area contributed by atoms with Crippen molar-refractivity contribution < 1.29 is 9.59 Å². The molecule has 2 amide bonds. The Morgan fingerprint density at radius 2 is 1.80 bits per heavy atom. The molecule has 0 aromatic heterocycles. The molecule has 1 aliphatic rings. The number of benzene rings is 1. The lowest BCUT2D eigenvalue weighted by atomic mass is 9.99. The molecule has 1 aromatic rings. The number of hydrogen-bond donors (Lipinski definition) is 1. The van der Waals surface area contributed by atoms with Crippen LogP contribution >= 0.6 is 0 Å². The van der Waals surface area contributed by atoms with Gasteiger partial charge in [-0.3, -0.25) is 14.5 Å². The number of carbonyl (C=O) groups excluding carboxylic acids is 2. The summed E-state index contributed by atoms with van der Waals surface area (Å²) in [6.45, 7) is 6.34. The Morgan fingerprint density at radius 1 is 1.20 bits per heavy atom. The second-order valence-electron chi connectivity index (χ2n) is 7.38. The molecule has 0 spiro atoms. The number of rotatable bonds is 6. The van der Waals surface area contributed by atoms with Crippen molar-refractivity contribution in [3.05, 3.63) is 35.4 Å². The summed E-state index contributed by atoms with van der Waals surface area (Å²) in [5.41, 5.74) is 2.13. The molecule has 0 radical (unpaired) electrons. The summed E-state index contributed by atoms with van der Waals surface area (Å²) < 4.78 is 0. The molecule has 5 nitrogen and oxygen atoms in total. The monoisotopic (exact) mass is 345 g/mol. The average molecular weight is 345 g/mol. The number of hydrogen-bond acceptors (Lipinski definition) is 3. The Balaban J connectivity index is 1.85. The Morgan fingerprint density at radius 3 is 2.36 bits per heavy atom. The van der Waals surface area contributed by atoms with Gasteiger partial charge in [-0.25, -0.2) is 0 Å². The lowest BCUT2D eigenvalue weighted by Crippen LogP contribution is -2.41. The van der Waals surface area contributed by atoms with Crippen LogP contribution < -0.4 is 5.32 Å². The molecule has 1 fully saturated rings. The van der Waals surface area contributed by atoms with Crippen LogP contribution in [0, 0.1) is 12.8 Å². The predicted octanol–water partition coefficient (Wildman–Crippen LogP) is 2.36. The fourth-order valence-corrected chi connectivity index (χ4v) is 3.24. The van der Waals surface area contributed by atoms with Crippen molar-refractivity contribution in [2.45, 2.75) is 39.2 Å². The maximum atomic E-state index is 12.6. The minimum absolute atomic E-state index is 0.0612. The lowest BCUT2D eigenvalue weighted by Gasteiger charge is -2.30. The molecule has 0 saturated carbocycles. The van der Waals surface area contributed by atoms with Crippen molar-refractivity contribution >= 4 is 11.8 Å². The zero-order valence-corrected chi connectivity index (χ0v) is 15.9. The van der Waals surface area contributed by atoms with E-state index < -0.39 is 0 Å². The van der Waals surface area contributed by atoms with E-state index >= 15 is 0 Å². The van der Waals surface area contributed by atoms with Gasteiger partial charge in [0.25, 0.3) is 0 Å². The molecule has 1 saturated heterocycles. The zero-order valence-electron chi connectivity index (χ0n) is 15.9. The Labute approximate surface area is 151 Å². The molecule has 25 heavy (non-hydrogen) atoms. The minimum atomic E-state index is -0.341. The highest BCUT2D eigenvalue weighted by Gasteiger charge is 2.24.